The molecule has 0 unspecified atom stereocenters. The van der Waals surface area contributed by atoms with Gasteiger partial charge in [0.15, 0.2) is 0 Å². The van der Waals surface area contributed by atoms with E-state index in [0.717, 1.165) is 0 Å². The number of halogens is 17. The van der Waals surface area contributed by atoms with Gasteiger partial charge in [-0.2, -0.15) is 74.6 Å². The minimum Gasteiger partial charge on any atom is -0.394 e. The summed E-state index contributed by atoms with van der Waals surface area (Å²) in [5.74, 6) is -57.0. The summed E-state index contributed by atoms with van der Waals surface area (Å²) < 4.78 is 219. The van der Waals surface area contributed by atoms with Crippen molar-refractivity contribution in [3.63, 3.8) is 0 Å². The predicted octanol–water partition coefficient (Wildman–Crippen LogP) is 4.74. The molecule has 0 heterocycles. The lowest BCUT2D eigenvalue weighted by Crippen LogP contribution is -2.74. The highest BCUT2D eigenvalue weighted by molar-refractivity contribution is 5.15. The van der Waals surface area contributed by atoms with Crippen molar-refractivity contribution in [2.75, 3.05) is 6.61 Å². The number of rotatable bonds is 9. The van der Waals surface area contributed by atoms with Crippen LogP contribution in [-0.2, 0) is 0 Å². The van der Waals surface area contributed by atoms with E-state index in [2.05, 4.69) is 0 Å². The molecular formula is C11H7F17O2. The predicted molar refractivity (Wildman–Crippen MR) is 58.4 cm³/mol. The van der Waals surface area contributed by atoms with Gasteiger partial charge in [-0.25, -0.2) is 0 Å². The van der Waals surface area contributed by atoms with Crippen molar-refractivity contribution >= 4 is 0 Å². The summed E-state index contributed by atoms with van der Waals surface area (Å²) in [6, 6.07) is 0. The third-order valence-electron chi connectivity index (χ3n) is 3.49. The molecule has 0 aliphatic heterocycles. The summed E-state index contributed by atoms with van der Waals surface area (Å²) in [5.41, 5.74) is 0. The fourth-order valence-electron chi connectivity index (χ4n) is 1.69. The minimum atomic E-state index is -8.68. The van der Waals surface area contributed by atoms with Gasteiger partial charge < -0.3 is 10.2 Å². The highest BCUT2D eigenvalue weighted by Gasteiger charge is 2.95. The second kappa shape index (κ2) is 7.40. The van der Waals surface area contributed by atoms with Crippen molar-refractivity contribution in [3.05, 3.63) is 0 Å². The number of aliphatic hydroxyl groups excluding tert-OH is 2. The maximum Gasteiger partial charge on any atom is 0.460 e. The molecule has 1 atom stereocenters. The Morgan fingerprint density at radius 1 is 0.467 bits per heavy atom. The smallest absolute Gasteiger partial charge is 0.394 e. The van der Waals surface area contributed by atoms with Crippen LogP contribution in [0.3, 0.4) is 0 Å². The highest BCUT2D eigenvalue weighted by Crippen LogP contribution is 2.64. The second-order valence-corrected chi connectivity index (χ2v) is 5.69. The first-order valence-electron chi connectivity index (χ1n) is 6.71. The Labute approximate surface area is 153 Å². The summed E-state index contributed by atoms with van der Waals surface area (Å²) in [7, 11) is 0. The molecule has 0 radical (unpaired) electrons. The van der Waals surface area contributed by atoms with Gasteiger partial charge in [-0.1, -0.05) is 0 Å². The average Bonchev–Trinajstić information content (AvgIpc) is 2.51. The fraction of sp³-hybridized carbons (Fsp3) is 1.00. The molecule has 0 saturated heterocycles. The maximum atomic E-state index is 13.3. The lowest BCUT2D eigenvalue weighted by Gasteiger charge is -2.43. The maximum absolute atomic E-state index is 13.3. The summed E-state index contributed by atoms with van der Waals surface area (Å²) >= 11 is 0. The van der Waals surface area contributed by atoms with Crippen molar-refractivity contribution in [3.8, 4) is 0 Å². The van der Waals surface area contributed by atoms with Gasteiger partial charge >= 0.3 is 47.6 Å². The molecule has 0 aliphatic rings. The molecule has 2 nitrogen and oxygen atoms in total. The summed E-state index contributed by atoms with van der Waals surface area (Å²) in [6.07, 6.45) is -14.0. The van der Waals surface area contributed by atoms with E-state index < -0.39 is 66.8 Å². The van der Waals surface area contributed by atoms with E-state index in [1.807, 2.05) is 0 Å². The van der Waals surface area contributed by atoms with Gasteiger partial charge in [0.1, 0.15) is 0 Å². The quantitative estimate of drug-likeness (QED) is 0.455. The van der Waals surface area contributed by atoms with Crippen molar-refractivity contribution < 1.29 is 84.9 Å². The Bertz CT molecular complexity index is 607. The van der Waals surface area contributed by atoms with Gasteiger partial charge in [-0.05, 0) is 0 Å². The standard InChI is InChI=1S/C11H7F17O2/c12-4(13,1-3(30)2-29)5(14,15)6(16,17)7(18,19)8(20,21)9(22,23)10(24,25)11(26,27)28/h3,29-30H,1-2H2/t3-/m0/s1. The number of aliphatic hydroxyl groups is 2. The van der Waals surface area contributed by atoms with E-state index in [-0.39, 0.29) is 0 Å². The van der Waals surface area contributed by atoms with Gasteiger partial charge in [-0.15, -0.1) is 0 Å². The lowest BCUT2D eigenvalue weighted by atomic mass is 9.88. The zero-order valence-corrected chi connectivity index (χ0v) is 13.3. The molecule has 0 aliphatic carbocycles. The Kier molecular flexibility index (Phi) is 7.09. The van der Waals surface area contributed by atoms with E-state index in [1.54, 1.807) is 0 Å². The first-order valence-corrected chi connectivity index (χ1v) is 6.71. The average molecular weight is 494 g/mol. The molecule has 182 valence electrons. The van der Waals surface area contributed by atoms with Crippen LogP contribution in [0.5, 0.6) is 0 Å². The van der Waals surface area contributed by atoms with E-state index in [4.69, 9.17) is 10.2 Å². The van der Waals surface area contributed by atoms with Crippen LogP contribution < -0.4 is 0 Å². The normalized spacial score (nSPS) is 17.3. The van der Waals surface area contributed by atoms with Gasteiger partial charge in [-0.3, -0.25) is 0 Å². The lowest BCUT2D eigenvalue weighted by molar-refractivity contribution is -0.462. The zero-order valence-electron chi connectivity index (χ0n) is 13.3. The molecule has 0 spiro atoms. The molecule has 2 N–H and O–H groups in total. The summed E-state index contributed by atoms with van der Waals surface area (Å²) in [6.45, 7) is -1.92. The Hall–Kier alpha value is -1.27. The Morgan fingerprint density at radius 2 is 0.733 bits per heavy atom. The highest BCUT2D eigenvalue weighted by atomic mass is 19.4. The van der Waals surface area contributed by atoms with Gasteiger partial charge in [0.05, 0.1) is 12.7 Å². The second-order valence-electron chi connectivity index (χ2n) is 5.69. The van der Waals surface area contributed by atoms with Crippen LogP contribution in [0, 0.1) is 0 Å². The third-order valence-corrected chi connectivity index (χ3v) is 3.49. The molecule has 0 rings (SSSR count). The van der Waals surface area contributed by atoms with Crippen LogP contribution in [0.25, 0.3) is 0 Å². The topological polar surface area (TPSA) is 40.5 Å². The molecule has 0 bridgehead atoms. The molecule has 0 aromatic heterocycles. The van der Waals surface area contributed by atoms with Crippen LogP contribution in [0.2, 0.25) is 0 Å². The molecule has 0 saturated carbocycles. The Balaban J connectivity index is 6.62. The van der Waals surface area contributed by atoms with Gasteiger partial charge in [0.25, 0.3) is 0 Å². The monoisotopic (exact) mass is 494 g/mol. The molecule has 30 heavy (non-hydrogen) atoms. The molecule has 0 aromatic rings. The largest absolute Gasteiger partial charge is 0.460 e. The van der Waals surface area contributed by atoms with Gasteiger partial charge in [0.2, 0.25) is 0 Å². The summed E-state index contributed by atoms with van der Waals surface area (Å²) in [5, 5.41) is 16.7. The van der Waals surface area contributed by atoms with Crippen molar-refractivity contribution in [1.82, 2.24) is 0 Å². The minimum absolute atomic E-state index is 1.92. The van der Waals surface area contributed by atoms with E-state index >= 15 is 0 Å². The molecular weight excluding hydrogens is 487 g/mol. The third kappa shape index (κ3) is 3.75. The number of hydrogen-bond acceptors (Lipinski definition) is 2. The van der Waals surface area contributed by atoms with Gasteiger partial charge in [0, 0.05) is 6.42 Å². The van der Waals surface area contributed by atoms with E-state index in [1.165, 1.54) is 0 Å². The first-order chi connectivity index (χ1) is 12.7. The zero-order chi connectivity index (χ0) is 25.0. The van der Waals surface area contributed by atoms with Crippen LogP contribution in [0.15, 0.2) is 0 Å². The number of hydrogen-bond donors (Lipinski definition) is 2. The molecule has 0 amide bonds. The van der Waals surface area contributed by atoms with Crippen molar-refractivity contribution in [1.29, 1.82) is 0 Å². The van der Waals surface area contributed by atoms with Crippen LogP contribution in [0.4, 0.5) is 74.6 Å². The van der Waals surface area contributed by atoms with Crippen LogP contribution >= 0.6 is 0 Å². The Morgan fingerprint density at radius 3 is 1.00 bits per heavy atom. The molecule has 0 aromatic carbocycles. The molecule has 19 heteroatoms. The fourth-order valence-corrected chi connectivity index (χ4v) is 1.69. The van der Waals surface area contributed by atoms with Crippen LogP contribution in [-0.4, -0.2) is 70.6 Å². The van der Waals surface area contributed by atoms with Crippen molar-refractivity contribution in [2.24, 2.45) is 0 Å². The van der Waals surface area contributed by atoms with Crippen LogP contribution in [0.1, 0.15) is 6.42 Å². The molecule has 0 fully saturated rings. The first kappa shape index (κ1) is 28.7. The number of alkyl halides is 17. The summed E-state index contributed by atoms with van der Waals surface area (Å²) in [4.78, 5) is 0. The van der Waals surface area contributed by atoms with E-state index in [0.29, 0.717) is 0 Å². The SMILES string of the molecule is OC[C@@H](O)CC(F)(F)C(F)(F)C(F)(F)C(F)(F)C(F)(F)C(F)(F)C(F)(F)C(F)(F)F. The van der Waals surface area contributed by atoms with E-state index in [9.17, 15) is 74.6 Å². The van der Waals surface area contributed by atoms with Crippen molar-refractivity contribution in [2.45, 2.75) is 60.2 Å².